The quantitative estimate of drug-likeness (QED) is 0.771. The summed E-state index contributed by atoms with van der Waals surface area (Å²) >= 11 is 0. The highest BCUT2D eigenvalue weighted by atomic mass is 16.3. The number of furan rings is 1. The van der Waals surface area contributed by atoms with Crippen molar-refractivity contribution in [3.05, 3.63) is 24.2 Å². The van der Waals surface area contributed by atoms with Crippen molar-refractivity contribution >= 4 is 0 Å². The normalized spacial score (nSPS) is 25.5. The summed E-state index contributed by atoms with van der Waals surface area (Å²) in [4.78, 5) is 0. The van der Waals surface area contributed by atoms with E-state index in [0.29, 0.717) is 11.5 Å². The molecule has 2 nitrogen and oxygen atoms in total. The molecule has 0 bridgehead atoms. The van der Waals surface area contributed by atoms with Crippen LogP contribution in [0.15, 0.2) is 23.0 Å². The number of nitrogens with one attached hydrogen (secondary N) is 1. The van der Waals surface area contributed by atoms with Crippen molar-refractivity contribution in [1.29, 1.82) is 0 Å². The van der Waals surface area contributed by atoms with Gasteiger partial charge in [-0.25, -0.2) is 0 Å². The van der Waals surface area contributed by atoms with Crippen LogP contribution in [0.5, 0.6) is 0 Å². The van der Waals surface area contributed by atoms with Gasteiger partial charge in [-0.1, -0.05) is 13.8 Å². The Balaban J connectivity index is 2.18. The van der Waals surface area contributed by atoms with E-state index in [-0.39, 0.29) is 0 Å². The molecule has 0 aromatic carbocycles. The van der Waals surface area contributed by atoms with E-state index in [1.54, 1.807) is 6.26 Å². The van der Waals surface area contributed by atoms with E-state index in [4.69, 9.17) is 4.42 Å². The SMILES string of the molecule is CCC1(CC)CNC1c1ccoc1. The van der Waals surface area contributed by atoms with E-state index < -0.39 is 0 Å². The predicted octanol–water partition coefficient (Wildman–Crippen LogP) is 2.73. The monoisotopic (exact) mass is 179 g/mol. The summed E-state index contributed by atoms with van der Waals surface area (Å²) in [6.45, 7) is 5.70. The first kappa shape index (κ1) is 8.82. The Morgan fingerprint density at radius 2 is 2.31 bits per heavy atom. The van der Waals surface area contributed by atoms with Gasteiger partial charge in [-0.15, -0.1) is 0 Å². The average molecular weight is 179 g/mol. The van der Waals surface area contributed by atoms with Crippen LogP contribution in [-0.2, 0) is 0 Å². The molecule has 1 atom stereocenters. The Bertz CT molecular complexity index is 256. The zero-order chi connectivity index (χ0) is 9.31. The molecule has 1 saturated heterocycles. The molecule has 72 valence electrons. The molecule has 0 amide bonds. The van der Waals surface area contributed by atoms with Crippen molar-refractivity contribution < 1.29 is 4.42 Å². The van der Waals surface area contributed by atoms with Crippen LogP contribution in [0.1, 0.15) is 38.3 Å². The van der Waals surface area contributed by atoms with Crippen LogP contribution in [0.2, 0.25) is 0 Å². The van der Waals surface area contributed by atoms with Gasteiger partial charge in [0, 0.05) is 23.6 Å². The minimum atomic E-state index is 0.476. The van der Waals surface area contributed by atoms with Gasteiger partial charge in [0.2, 0.25) is 0 Å². The van der Waals surface area contributed by atoms with Crippen LogP contribution in [0, 0.1) is 5.41 Å². The van der Waals surface area contributed by atoms with Crippen LogP contribution >= 0.6 is 0 Å². The van der Waals surface area contributed by atoms with Gasteiger partial charge in [-0.3, -0.25) is 0 Å². The number of hydrogen-bond acceptors (Lipinski definition) is 2. The molecule has 1 aromatic heterocycles. The summed E-state index contributed by atoms with van der Waals surface area (Å²) in [6.07, 6.45) is 6.10. The molecule has 1 unspecified atom stereocenters. The van der Waals surface area contributed by atoms with Gasteiger partial charge in [-0.2, -0.15) is 0 Å². The first-order valence-electron chi connectivity index (χ1n) is 5.08. The van der Waals surface area contributed by atoms with Gasteiger partial charge in [-0.05, 0) is 18.9 Å². The van der Waals surface area contributed by atoms with Gasteiger partial charge >= 0.3 is 0 Å². The average Bonchev–Trinajstić information content (AvgIpc) is 2.58. The third-order valence-corrected chi connectivity index (χ3v) is 3.56. The van der Waals surface area contributed by atoms with E-state index in [0.717, 1.165) is 6.54 Å². The van der Waals surface area contributed by atoms with Gasteiger partial charge in [0.05, 0.1) is 12.5 Å². The molecular weight excluding hydrogens is 162 g/mol. The van der Waals surface area contributed by atoms with Gasteiger partial charge in [0.1, 0.15) is 0 Å². The van der Waals surface area contributed by atoms with E-state index in [1.807, 2.05) is 6.26 Å². The lowest BCUT2D eigenvalue weighted by molar-refractivity contribution is 0.0704. The zero-order valence-corrected chi connectivity index (χ0v) is 8.34. The summed E-state index contributed by atoms with van der Waals surface area (Å²) in [6, 6.07) is 2.58. The minimum absolute atomic E-state index is 0.476. The summed E-state index contributed by atoms with van der Waals surface area (Å²) in [5.74, 6) is 0. The molecule has 0 saturated carbocycles. The molecule has 0 aliphatic carbocycles. The second-order valence-electron chi connectivity index (χ2n) is 3.94. The maximum Gasteiger partial charge on any atom is 0.0950 e. The molecule has 1 fully saturated rings. The Morgan fingerprint density at radius 3 is 2.69 bits per heavy atom. The fraction of sp³-hybridized carbons (Fsp3) is 0.636. The van der Waals surface area contributed by atoms with Crippen LogP contribution in [0.25, 0.3) is 0 Å². The highest BCUT2D eigenvalue weighted by Gasteiger charge is 2.44. The van der Waals surface area contributed by atoms with Crippen molar-refractivity contribution in [1.82, 2.24) is 5.32 Å². The first-order chi connectivity index (χ1) is 6.32. The van der Waals surface area contributed by atoms with E-state index in [1.165, 1.54) is 18.4 Å². The van der Waals surface area contributed by atoms with Gasteiger partial charge in [0.15, 0.2) is 0 Å². The summed E-state index contributed by atoms with van der Waals surface area (Å²) in [7, 11) is 0. The molecule has 0 spiro atoms. The molecule has 0 radical (unpaired) electrons. The van der Waals surface area contributed by atoms with Crippen molar-refractivity contribution in [3.63, 3.8) is 0 Å². The fourth-order valence-electron chi connectivity index (χ4n) is 2.31. The Labute approximate surface area is 79.3 Å². The smallest absolute Gasteiger partial charge is 0.0950 e. The highest BCUT2D eigenvalue weighted by molar-refractivity contribution is 5.20. The second-order valence-corrected chi connectivity index (χ2v) is 3.94. The fourth-order valence-corrected chi connectivity index (χ4v) is 2.31. The number of hydrogen-bond donors (Lipinski definition) is 1. The molecular formula is C11H17NO. The molecule has 2 heteroatoms. The lowest BCUT2D eigenvalue weighted by atomic mass is 9.67. The standard InChI is InChI=1S/C11H17NO/c1-3-11(4-2)8-12-10(11)9-5-6-13-7-9/h5-7,10,12H,3-4,8H2,1-2H3. The lowest BCUT2D eigenvalue weighted by Gasteiger charge is -2.49. The molecule has 1 N–H and O–H groups in total. The summed E-state index contributed by atoms with van der Waals surface area (Å²) < 4.78 is 5.11. The molecule has 13 heavy (non-hydrogen) atoms. The molecule has 1 aliphatic rings. The second kappa shape index (κ2) is 3.18. The molecule has 2 rings (SSSR count). The highest BCUT2D eigenvalue weighted by Crippen LogP contribution is 2.46. The predicted molar refractivity (Wildman–Crippen MR) is 52.5 cm³/mol. The Morgan fingerprint density at radius 1 is 1.54 bits per heavy atom. The summed E-state index contributed by atoms with van der Waals surface area (Å²) in [5.41, 5.74) is 1.78. The maximum atomic E-state index is 5.11. The van der Waals surface area contributed by atoms with Crippen LogP contribution < -0.4 is 5.32 Å². The van der Waals surface area contributed by atoms with Crippen molar-refractivity contribution in [2.24, 2.45) is 5.41 Å². The van der Waals surface area contributed by atoms with Crippen LogP contribution in [0.3, 0.4) is 0 Å². The van der Waals surface area contributed by atoms with Crippen molar-refractivity contribution in [2.75, 3.05) is 6.54 Å². The molecule has 2 heterocycles. The van der Waals surface area contributed by atoms with Crippen LogP contribution in [-0.4, -0.2) is 6.54 Å². The van der Waals surface area contributed by atoms with Crippen molar-refractivity contribution in [3.8, 4) is 0 Å². The molecule has 1 aliphatic heterocycles. The third kappa shape index (κ3) is 1.20. The van der Waals surface area contributed by atoms with Crippen molar-refractivity contribution in [2.45, 2.75) is 32.7 Å². The lowest BCUT2D eigenvalue weighted by Crippen LogP contribution is -2.55. The Hall–Kier alpha value is -0.760. The Kier molecular flexibility index (Phi) is 2.16. The largest absolute Gasteiger partial charge is 0.472 e. The third-order valence-electron chi connectivity index (χ3n) is 3.56. The topological polar surface area (TPSA) is 25.2 Å². The van der Waals surface area contributed by atoms with E-state index in [9.17, 15) is 0 Å². The van der Waals surface area contributed by atoms with Gasteiger partial charge in [0.25, 0.3) is 0 Å². The summed E-state index contributed by atoms with van der Waals surface area (Å²) in [5, 5.41) is 3.48. The maximum absolute atomic E-state index is 5.11. The van der Waals surface area contributed by atoms with E-state index >= 15 is 0 Å². The van der Waals surface area contributed by atoms with E-state index in [2.05, 4.69) is 25.2 Å². The zero-order valence-electron chi connectivity index (χ0n) is 8.34. The van der Waals surface area contributed by atoms with Crippen LogP contribution in [0.4, 0.5) is 0 Å². The first-order valence-corrected chi connectivity index (χ1v) is 5.08. The minimum Gasteiger partial charge on any atom is -0.472 e. The van der Waals surface area contributed by atoms with Gasteiger partial charge < -0.3 is 9.73 Å². The molecule has 1 aromatic rings. The number of rotatable bonds is 3.